The highest BCUT2D eigenvalue weighted by molar-refractivity contribution is 7.98. The van der Waals surface area contributed by atoms with Crippen LogP contribution in [0, 0.1) is 0 Å². The van der Waals surface area contributed by atoms with Crippen LogP contribution in [0.25, 0.3) is 45.0 Å². The van der Waals surface area contributed by atoms with Crippen LogP contribution in [-0.4, -0.2) is 16.2 Å². The number of aromatic nitrogens is 2. The lowest BCUT2D eigenvalue weighted by molar-refractivity contribution is 1.30. The normalized spacial score (nSPS) is 10.9. The molecule has 0 fully saturated rings. The Morgan fingerprint density at radius 1 is 0.548 bits per heavy atom. The summed E-state index contributed by atoms with van der Waals surface area (Å²) in [5, 5.41) is 0. The summed E-state index contributed by atoms with van der Waals surface area (Å²) in [5.41, 5.74) is 7.74. The number of nitrogens with zero attached hydrogens (tertiary/aromatic N) is 1. The van der Waals surface area contributed by atoms with E-state index >= 15 is 0 Å². The van der Waals surface area contributed by atoms with Crippen molar-refractivity contribution in [2.24, 2.45) is 0 Å². The van der Waals surface area contributed by atoms with E-state index in [9.17, 15) is 0 Å². The number of benzene rings is 4. The van der Waals surface area contributed by atoms with E-state index < -0.39 is 0 Å². The van der Waals surface area contributed by atoms with Crippen LogP contribution < -0.4 is 0 Å². The highest BCUT2D eigenvalue weighted by Gasteiger charge is 2.15. The van der Waals surface area contributed by atoms with E-state index in [1.807, 2.05) is 12.1 Å². The summed E-state index contributed by atoms with van der Waals surface area (Å²) in [6, 6.07) is 38.0. The van der Waals surface area contributed by atoms with Crippen molar-refractivity contribution in [2.45, 2.75) is 4.90 Å². The lowest BCUT2D eigenvalue weighted by atomic mass is 10.0. The quantitative estimate of drug-likeness (QED) is 0.295. The fraction of sp³-hybridized carbons (Fsp3) is 0.0357. The first-order valence-electron chi connectivity index (χ1n) is 10.3. The van der Waals surface area contributed by atoms with Gasteiger partial charge in [-0.25, -0.2) is 4.98 Å². The number of aromatic amines is 1. The van der Waals surface area contributed by atoms with Crippen molar-refractivity contribution in [3.8, 4) is 45.0 Å². The van der Waals surface area contributed by atoms with Gasteiger partial charge in [0, 0.05) is 21.6 Å². The summed E-state index contributed by atoms with van der Waals surface area (Å²) in [4.78, 5) is 9.84. The lowest BCUT2D eigenvalue weighted by Gasteiger charge is -2.06. The molecule has 0 amide bonds. The fourth-order valence-electron chi connectivity index (χ4n) is 3.73. The van der Waals surface area contributed by atoms with Crippen molar-refractivity contribution in [1.82, 2.24) is 9.97 Å². The van der Waals surface area contributed by atoms with Crippen molar-refractivity contribution in [3.63, 3.8) is 0 Å². The Morgan fingerprint density at radius 2 is 1.06 bits per heavy atom. The summed E-state index contributed by atoms with van der Waals surface area (Å²) >= 11 is 1.74. The molecule has 1 aromatic heterocycles. The number of hydrogen-bond acceptors (Lipinski definition) is 2. The van der Waals surface area contributed by atoms with Crippen molar-refractivity contribution >= 4 is 11.8 Å². The molecule has 0 aliphatic carbocycles. The number of thioether (sulfide) groups is 1. The fourth-order valence-corrected chi connectivity index (χ4v) is 4.14. The molecule has 5 rings (SSSR count). The molecule has 0 saturated carbocycles. The molecule has 0 bridgehead atoms. The maximum Gasteiger partial charge on any atom is 0.138 e. The molecule has 0 unspecified atom stereocenters. The molecular weight excluding hydrogens is 396 g/mol. The van der Waals surface area contributed by atoms with Crippen LogP contribution in [0.1, 0.15) is 0 Å². The summed E-state index contributed by atoms with van der Waals surface area (Å²) in [6.07, 6.45) is 2.09. The van der Waals surface area contributed by atoms with E-state index in [1.165, 1.54) is 16.0 Å². The Bertz CT molecular complexity index is 1270. The Morgan fingerprint density at radius 3 is 1.68 bits per heavy atom. The van der Waals surface area contributed by atoms with Gasteiger partial charge in [0.15, 0.2) is 0 Å². The molecule has 0 radical (unpaired) electrons. The van der Waals surface area contributed by atoms with Crippen molar-refractivity contribution in [3.05, 3.63) is 109 Å². The second kappa shape index (κ2) is 8.66. The third-order valence-corrected chi connectivity index (χ3v) is 6.14. The maximum atomic E-state index is 5.00. The van der Waals surface area contributed by atoms with Crippen molar-refractivity contribution < 1.29 is 0 Å². The number of H-pyrrole nitrogens is 1. The largest absolute Gasteiger partial charge is 0.337 e. The smallest absolute Gasteiger partial charge is 0.138 e. The Hall–Kier alpha value is -3.56. The van der Waals surface area contributed by atoms with E-state index in [-0.39, 0.29) is 0 Å². The molecule has 3 heteroatoms. The molecule has 1 N–H and O–H groups in total. The summed E-state index contributed by atoms with van der Waals surface area (Å²) in [5.74, 6) is 0.883. The molecule has 5 aromatic rings. The van der Waals surface area contributed by atoms with Crippen LogP contribution >= 0.6 is 11.8 Å². The predicted octanol–water partition coefficient (Wildman–Crippen LogP) is 7.80. The van der Waals surface area contributed by atoms with Crippen LogP contribution in [0.5, 0.6) is 0 Å². The van der Waals surface area contributed by atoms with E-state index in [1.54, 1.807) is 11.8 Å². The molecule has 4 aromatic carbocycles. The van der Waals surface area contributed by atoms with Crippen LogP contribution in [0.4, 0.5) is 0 Å². The van der Waals surface area contributed by atoms with Crippen LogP contribution in [0.15, 0.2) is 114 Å². The molecule has 1 heterocycles. The minimum atomic E-state index is 0.883. The molecule has 0 aliphatic heterocycles. The standard InChI is InChI=1S/C28H22N2S/c1-31-25-18-16-24(17-19-25)28-29-26(22-10-6-3-7-11-22)27(30-28)23-14-12-21(13-15-23)20-8-4-2-5-9-20/h2-19H,1H3,(H,29,30). The van der Waals surface area contributed by atoms with Crippen LogP contribution in [-0.2, 0) is 0 Å². The zero-order chi connectivity index (χ0) is 21.0. The van der Waals surface area contributed by atoms with Gasteiger partial charge in [-0.15, -0.1) is 11.8 Å². The topological polar surface area (TPSA) is 28.7 Å². The monoisotopic (exact) mass is 418 g/mol. The molecule has 0 atom stereocenters. The van der Waals surface area contributed by atoms with Crippen molar-refractivity contribution in [1.29, 1.82) is 0 Å². The minimum Gasteiger partial charge on any atom is -0.337 e. The average Bonchev–Trinajstić information content (AvgIpc) is 3.31. The Labute approximate surface area is 187 Å². The third kappa shape index (κ3) is 4.05. The van der Waals surface area contributed by atoms with E-state index in [0.29, 0.717) is 0 Å². The molecule has 2 nitrogen and oxygen atoms in total. The number of nitrogens with one attached hydrogen (secondary N) is 1. The average molecular weight is 419 g/mol. The first kappa shape index (κ1) is 19.4. The highest BCUT2D eigenvalue weighted by Crippen LogP contribution is 2.34. The second-order valence-electron chi connectivity index (χ2n) is 7.35. The summed E-state index contributed by atoms with van der Waals surface area (Å²) in [7, 11) is 0. The van der Waals surface area contributed by atoms with Crippen LogP contribution in [0.3, 0.4) is 0 Å². The summed E-state index contributed by atoms with van der Waals surface area (Å²) < 4.78 is 0. The minimum absolute atomic E-state index is 0.883. The number of imidazole rings is 1. The van der Waals surface area contributed by atoms with E-state index in [0.717, 1.165) is 33.9 Å². The third-order valence-electron chi connectivity index (χ3n) is 5.40. The number of rotatable bonds is 5. The van der Waals surface area contributed by atoms with Crippen molar-refractivity contribution in [2.75, 3.05) is 6.26 Å². The zero-order valence-corrected chi connectivity index (χ0v) is 18.1. The summed E-state index contributed by atoms with van der Waals surface area (Å²) in [6.45, 7) is 0. The lowest BCUT2D eigenvalue weighted by Crippen LogP contribution is -1.84. The second-order valence-corrected chi connectivity index (χ2v) is 8.23. The van der Waals surface area contributed by atoms with E-state index in [4.69, 9.17) is 4.98 Å². The number of hydrogen-bond donors (Lipinski definition) is 1. The SMILES string of the molecule is CSc1ccc(-c2nc(-c3ccccc3)c(-c3ccc(-c4ccccc4)cc3)[nH]2)cc1. The Kier molecular flexibility index (Phi) is 5.42. The van der Waals surface area contributed by atoms with Gasteiger partial charge >= 0.3 is 0 Å². The van der Waals surface area contributed by atoms with Crippen LogP contribution in [0.2, 0.25) is 0 Å². The maximum absolute atomic E-state index is 5.00. The van der Waals surface area contributed by atoms with Gasteiger partial charge in [-0.05, 0) is 29.5 Å². The molecular formula is C28H22N2S. The van der Waals surface area contributed by atoms with Gasteiger partial charge in [0.2, 0.25) is 0 Å². The molecule has 0 aliphatic rings. The Balaban J connectivity index is 1.59. The highest BCUT2D eigenvalue weighted by atomic mass is 32.2. The van der Waals surface area contributed by atoms with Gasteiger partial charge < -0.3 is 4.98 Å². The van der Waals surface area contributed by atoms with Gasteiger partial charge in [0.25, 0.3) is 0 Å². The van der Waals surface area contributed by atoms with Gasteiger partial charge in [0.1, 0.15) is 5.82 Å². The predicted molar refractivity (Wildman–Crippen MR) is 132 cm³/mol. The van der Waals surface area contributed by atoms with Gasteiger partial charge in [-0.1, -0.05) is 97.1 Å². The zero-order valence-electron chi connectivity index (χ0n) is 17.2. The molecule has 0 spiro atoms. The molecule has 0 saturated heterocycles. The van der Waals surface area contributed by atoms with Gasteiger partial charge in [-0.3, -0.25) is 0 Å². The first-order valence-corrected chi connectivity index (χ1v) is 11.5. The molecule has 31 heavy (non-hydrogen) atoms. The first-order chi connectivity index (χ1) is 15.3. The van der Waals surface area contributed by atoms with E-state index in [2.05, 4.69) is 108 Å². The van der Waals surface area contributed by atoms with Gasteiger partial charge in [-0.2, -0.15) is 0 Å². The molecule has 150 valence electrons. The van der Waals surface area contributed by atoms with Gasteiger partial charge in [0.05, 0.1) is 11.4 Å².